The van der Waals surface area contributed by atoms with Crippen LogP contribution in [0.3, 0.4) is 0 Å². The average molecular weight is 275 g/mol. The number of aryl methyl sites for hydroxylation is 1. The van der Waals surface area contributed by atoms with Crippen LogP contribution in [0, 0.1) is 12.8 Å². The van der Waals surface area contributed by atoms with E-state index in [9.17, 15) is 4.79 Å². The number of rotatable bonds is 4. The van der Waals surface area contributed by atoms with Crippen molar-refractivity contribution in [3.63, 3.8) is 0 Å². The molecule has 2 nitrogen and oxygen atoms in total. The van der Waals surface area contributed by atoms with Gasteiger partial charge in [0.25, 0.3) is 0 Å². The van der Waals surface area contributed by atoms with Gasteiger partial charge in [0.1, 0.15) is 5.78 Å². The molecule has 20 heavy (non-hydrogen) atoms. The Kier molecular flexibility index (Phi) is 8.82. The molecule has 0 aliphatic rings. The van der Waals surface area contributed by atoms with Gasteiger partial charge in [-0.15, -0.1) is 0 Å². The molecule has 0 saturated carbocycles. The van der Waals surface area contributed by atoms with Crippen LogP contribution >= 0.6 is 0 Å². The van der Waals surface area contributed by atoms with Crippen molar-refractivity contribution >= 4 is 11.4 Å². The molecular formula is C18H29NO. The van der Waals surface area contributed by atoms with Gasteiger partial charge in [-0.1, -0.05) is 51.1 Å². The van der Waals surface area contributed by atoms with E-state index >= 15 is 0 Å². The topological polar surface area (TPSA) is 43.1 Å². The lowest BCUT2D eigenvalue weighted by Crippen LogP contribution is -2.28. The van der Waals surface area contributed by atoms with Crippen molar-refractivity contribution < 1.29 is 4.79 Å². The first-order chi connectivity index (χ1) is 9.29. The Morgan fingerprint density at radius 2 is 1.75 bits per heavy atom. The highest BCUT2D eigenvalue weighted by atomic mass is 16.1. The Morgan fingerprint density at radius 3 is 2.15 bits per heavy atom. The summed E-state index contributed by atoms with van der Waals surface area (Å²) in [5.74, 6) is 0.868. The number of nitrogens with two attached hydrogens (primary N) is 1. The van der Waals surface area contributed by atoms with Crippen molar-refractivity contribution in [2.45, 2.75) is 54.0 Å². The zero-order valence-corrected chi connectivity index (χ0v) is 13.7. The van der Waals surface area contributed by atoms with Gasteiger partial charge in [-0.25, -0.2) is 0 Å². The standard InChI is InChI=1S/C14H19NO.C4H10/c1-4-12(9-14(15)11(3)16)13-8-6-5-7-10(13)2;1-4(2)3/h4-8,14H,9,15H2,1-3H3;4H,1-3H3/b12-4-;. The normalized spacial score (nSPS) is 12.7. The highest BCUT2D eigenvalue weighted by Crippen LogP contribution is 2.22. The molecule has 1 aromatic carbocycles. The summed E-state index contributed by atoms with van der Waals surface area (Å²) < 4.78 is 0. The lowest BCUT2D eigenvalue weighted by Gasteiger charge is -2.13. The van der Waals surface area contributed by atoms with Gasteiger partial charge >= 0.3 is 0 Å². The molecule has 1 unspecified atom stereocenters. The SMILES string of the molecule is C/C=C(/CC(N)C(C)=O)c1ccccc1C.CC(C)C. The van der Waals surface area contributed by atoms with Crippen LogP contribution in [-0.4, -0.2) is 11.8 Å². The third-order valence-corrected chi connectivity index (χ3v) is 2.80. The molecule has 2 N–H and O–H groups in total. The Hall–Kier alpha value is -1.41. The first-order valence-electron chi connectivity index (χ1n) is 7.26. The number of carbonyl (C=O) groups excluding carboxylic acids is 1. The minimum atomic E-state index is -0.397. The van der Waals surface area contributed by atoms with Crippen LogP contribution in [0.1, 0.15) is 52.2 Å². The van der Waals surface area contributed by atoms with E-state index in [0.717, 1.165) is 11.5 Å². The molecule has 2 heteroatoms. The van der Waals surface area contributed by atoms with Crippen molar-refractivity contribution in [1.82, 2.24) is 0 Å². The second kappa shape index (κ2) is 9.49. The predicted molar refractivity (Wildman–Crippen MR) is 88.6 cm³/mol. The van der Waals surface area contributed by atoms with Gasteiger partial charge in [-0.3, -0.25) is 4.79 Å². The van der Waals surface area contributed by atoms with Crippen molar-refractivity contribution in [2.75, 3.05) is 0 Å². The van der Waals surface area contributed by atoms with Crippen LogP contribution in [0.5, 0.6) is 0 Å². The summed E-state index contributed by atoms with van der Waals surface area (Å²) in [4.78, 5) is 11.2. The molecule has 0 heterocycles. The fraction of sp³-hybridized carbons (Fsp3) is 0.500. The van der Waals surface area contributed by atoms with Gasteiger partial charge in [-0.05, 0) is 49.8 Å². The molecule has 0 amide bonds. The molecule has 0 aromatic heterocycles. The number of ketones is 1. The summed E-state index contributed by atoms with van der Waals surface area (Å²) in [5.41, 5.74) is 9.33. The van der Waals surface area contributed by atoms with Crippen molar-refractivity contribution in [1.29, 1.82) is 0 Å². The van der Waals surface area contributed by atoms with Gasteiger partial charge in [0.05, 0.1) is 6.04 Å². The lowest BCUT2D eigenvalue weighted by atomic mass is 9.94. The molecule has 1 aromatic rings. The van der Waals surface area contributed by atoms with E-state index in [-0.39, 0.29) is 5.78 Å². The summed E-state index contributed by atoms with van der Waals surface area (Å²) in [6.45, 7) is 12.1. The van der Waals surface area contributed by atoms with Crippen LogP contribution in [0.2, 0.25) is 0 Å². The summed E-state index contributed by atoms with van der Waals surface area (Å²) >= 11 is 0. The van der Waals surface area contributed by atoms with Gasteiger partial charge in [0.15, 0.2) is 0 Å². The van der Waals surface area contributed by atoms with Crippen LogP contribution < -0.4 is 5.73 Å². The molecule has 1 rings (SSSR count). The Bertz CT molecular complexity index is 444. The van der Waals surface area contributed by atoms with E-state index in [1.54, 1.807) is 0 Å². The number of allylic oxidation sites excluding steroid dienone is 1. The molecule has 0 fully saturated rings. The molecular weight excluding hydrogens is 246 g/mol. The van der Waals surface area contributed by atoms with Gasteiger partial charge in [0.2, 0.25) is 0 Å². The largest absolute Gasteiger partial charge is 0.321 e. The zero-order valence-electron chi connectivity index (χ0n) is 13.7. The first-order valence-corrected chi connectivity index (χ1v) is 7.26. The monoisotopic (exact) mass is 275 g/mol. The smallest absolute Gasteiger partial charge is 0.146 e. The summed E-state index contributed by atoms with van der Waals surface area (Å²) in [6.07, 6.45) is 2.64. The zero-order chi connectivity index (χ0) is 15.7. The minimum Gasteiger partial charge on any atom is -0.321 e. The fourth-order valence-corrected chi connectivity index (χ4v) is 1.70. The molecule has 0 radical (unpaired) electrons. The van der Waals surface area contributed by atoms with E-state index in [1.807, 2.05) is 25.1 Å². The van der Waals surface area contributed by atoms with E-state index in [2.05, 4.69) is 39.8 Å². The van der Waals surface area contributed by atoms with Gasteiger partial charge in [-0.2, -0.15) is 0 Å². The van der Waals surface area contributed by atoms with Gasteiger partial charge in [0, 0.05) is 0 Å². The van der Waals surface area contributed by atoms with E-state index in [1.165, 1.54) is 18.1 Å². The number of Topliss-reactive ketones (excluding diaryl/α,β-unsaturated/α-hetero) is 1. The van der Waals surface area contributed by atoms with Crippen LogP contribution in [0.25, 0.3) is 5.57 Å². The quantitative estimate of drug-likeness (QED) is 0.886. The van der Waals surface area contributed by atoms with E-state index in [4.69, 9.17) is 5.73 Å². The van der Waals surface area contributed by atoms with Crippen molar-refractivity contribution in [3.8, 4) is 0 Å². The van der Waals surface area contributed by atoms with Crippen molar-refractivity contribution in [3.05, 3.63) is 41.5 Å². The maximum atomic E-state index is 11.2. The second-order valence-electron chi connectivity index (χ2n) is 5.78. The maximum absolute atomic E-state index is 11.2. The molecule has 0 spiro atoms. The highest BCUT2D eigenvalue weighted by Gasteiger charge is 2.12. The first kappa shape index (κ1) is 18.6. The molecule has 1 atom stereocenters. The summed E-state index contributed by atoms with van der Waals surface area (Å²) in [7, 11) is 0. The minimum absolute atomic E-state index is 0.0351. The van der Waals surface area contributed by atoms with E-state index < -0.39 is 6.04 Å². The summed E-state index contributed by atoms with van der Waals surface area (Å²) in [5, 5.41) is 0. The predicted octanol–water partition coefficient (Wildman–Crippen LogP) is 4.37. The van der Waals surface area contributed by atoms with Crippen molar-refractivity contribution in [2.24, 2.45) is 11.7 Å². The van der Waals surface area contributed by atoms with Crippen LogP contribution in [0.15, 0.2) is 30.3 Å². The van der Waals surface area contributed by atoms with E-state index in [0.29, 0.717) is 6.42 Å². The number of benzene rings is 1. The number of carbonyl (C=O) groups is 1. The second-order valence-corrected chi connectivity index (χ2v) is 5.78. The fourth-order valence-electron chi connectivity index (χ4n) is 1.70. The number of hydrogen-bond donors (Lipinski definition) is 1. The summed E-state index contributed by atoms with van der Waals surface area (Å²) in [6, 6.07) is 7.75. The molecule has 0 aliphatic heterocycles. The van der Waals surface area contributed by atoms with Crippen LogP contribution in [-0.2, 0) is 4.79 Å². The molecule has 0 saturated heterocycles. The Morgan fingerprint density at radius 1 is 1.25 bits per heavy atom. The lowest BCUT2D eigenvalue weighted by molar-refractivity contribution is -0.118. The maximum Gasteiger partial charge on any atom is 0.146 e. The Balaban J connectivity index is 0.000000796. The molecule has 0 bridgehead atoms. The third-order valence-electron chi connectivity index (χ3n) is 2.80. The Labute approximate surface area is 124 Å². The molecule has 0 aliphatic carbocycles. The van der Waals surface area contributed by atoms with Crippen LogP contribution in [0.4, 0.5) is 0 Å². The number of hydrogen-bond acceptors (Lipinski definition) is 2. The van der Waals surface area contributed by atoms with Gasteiger partial charge < -0.3 is 5.73 Å². The average Bonchev–Trinajstić information content (AvgIpc) is 2.35. The highest BCUT2D eigenvalue weighted by molar-refractivity contribution is 5.84. The third kappa shape index (κ3) is 7.25. The molecule has 112 valence electrons.